The van der Waals surface area contributed by atoms with Gasteiger partial charge in [-0.15, -0.1) is 11.8 Å². The molecule has 8 heteroatoms. The first-order valence-electron chi connectivity index (χ1n) is 12.4. The van der Waals surface area contributed by atoms with Crippen molar-refractivity contribution < 1.29 is 24.1 Å². The number of methoxy groups -OCH3 is 1. The number of halogens is 1. The van der Waals surface area contributed by atoms with Crippen LogP contribution in [0.2, 0.25) is 0 Å². The first-order chi connectivity index (χ1) is 17.4. The molecular formula is C28H33FN2O4S. The third kappa shape index (κ3) is 6.75. The maximum Gasteiger partial charge on any atom is 0.308 e. The highest BCUT2D eigenvalue weighted by Crippen LogP contribution is 2.34. The van der Waals surface area contributed by atoms with Gasteiger partial charge in [0.2, 0.25) is 0 Å². The standard InChI is InChI=1S/C28H33FN2O4S/c1-35-21-7-8-26-24(17-21)23(10-12-30-26)27(32)9-6-19-11-14-31(18-25(19)28(33)34)13-3-15-36-22-5-2-4-20(29)16-22/h2,4-5,7-8,10,12,16-17,19,25,27,32H,3,6,9,11,13-15,18H2,1H3,(H,33,34)/t19-,25+,27+/m1/s1. The number of thioether (sulfide) groups is 1. The van der Waals surface area contributed by atoms with Crippen molar-refractivity contribution in [3.05, 3.63) is 66.1 Å². The molecule has 6 nitrogen and oxygen atoms in total. The Hall–Kier alpha value is -2.68. The molecule has 0 bridgehead atoms. The number of aliphatic carboxylic acids is 1. The summed E-state index contributed by atoms with van der Waals surface area (Å²) in [5.41, 5.74) is 1.58. The number of aromatic nitrogens is 1. The smallest absolute Gasteiger partial charge is 0.308 e. The van der Waals surface area contributed by atoms with Crippen LogP contribution in [0.4, 0.5) is 4.39 Å². The van der Waals surface area contributed by atoms with Gasteiger partial charge in [-0.25, -0.2) is 4.39 Å². The Bertz CT molecular complexity index is 1180. The molecule has 0 spiro atoms. The van der Waals surface area contributed by atoms with E-state index in [0.29, 0.717) is 25.1 Å². The van der Waals surface area contributed by atoms with Gasteiger partial charge in [0.15, 0.2) is 0 Å². The van der Waals surface area contributed by atoms with Crippen molar-refractivity contribution in [3.63, 3.8) is 0 Å². The molecule has 2 aromatic carbocycles. The predicted molar refractivity (Wildman–Crippen MR) is 140 cm³/mol. The van der Waals surface area contributed by atoms with E-state index in [1.54, 1.807) is 31.1 Å². The number of hydrogen-bond acceptors (Lipinski definition) is 6. The van der Waals surface area contributed by atoms with Gasteiger partial charge in [-0.05, 0) is 98.5 Å². The molecule has 1 aromatic heterocycles. The van der Waals surface area contributed by atoms with Crippen LogP contribution >= 0.6 is 11.8 Å². The van der Waals surface area contributed by atoms with Gasteiger partial charge in [-0.3, -0.25) is 9.78 Å². The highest BCUT2D eigenvalue weighted by Gasteiger charge is 2.34. The third-order valence-electron chi connectivity index (χ3n) is 6.99. The van der Waals surface area contributed by atoms with E-state index < -0.39 is 18.0 Å². The fraction of sp³-hybridized carbons (Fsp3) is 0.429. The van der Waals surface area contributed by atoms with E-state index >= 15 is 0 Å². The number of aliphatic hydroxyl groups excluding tert-OH is 1. The van der Waals surface area contributed by atoms with Crippen LogP contribution in [0.15, 0.2) is 59.6 Å². The van der Waals surface area contributed by atoms with E-state index in [9.17, 15) is 19.4 Å². The van der Waals surface area contributed by atoms with Crippen molar-refractivity contribution in [2.24, 2.45) is 11.8 Å². The van der Waals surface area contributed by atoms with Gasteiger partial charge in [-0.1, -0.05) is 6.07 Å². The molecule has 1 aliphatic rings. The second kappa shape index (κ2) is 12.5. The second-order valence-electron chi connectivity index (χ2n) is 9.33. The zero-order valence-corrected chi connectivity index (χ0v) is 21.3. The summed E-state index contributed by atoms with van der Waals surface area (Å²) in [5, 5.41) is 21.7. The zero-order valence-electron chi connectivity index (χ0n) is 20.5. The SMILES string of the molecule is COc1ccc2nccc([C@@H](O)CC[C@@H]3CCN(CCCSc4cccc(F)c4)C[C@@H]3C(=O)O)c2c1. The van der Waals surface area contributed by atoms with E-state index in [0.717, 1.165) is 53.0 Å². The molecule has 4 rings (SSSR count). The molecule has 0 aliphatic carbocycles. The average molecular weight is 513 g/mol. The van der Waals surface area contributed by atoms with Gasteiger partial charge in [-0.2, -0.15) is 0 Å². The number of likely N-dealkylation sites (tertiary alicyclic amines) is 1. The van der Waals surface area contributed by atoms with Crippen LogP contribution in [0, 0.1) is 17.7 Å². The van der Waals surface area contributed by atoms with Crippen molar-refractivity contribution >= 4 is 28.6 Å². The van der Waals surface area contributed by atoms with Crippen molar-refractivity contribution in [3.8, 4) is 5.75 Å². The molecule has 0 unspecified atom stereocenters. The minimum Gasteiger partial charge on any atom is -0.497 e. The van der Waals surface area contributed by atoms with Crippen molar-refractivity contribution in [1.29, 1.82) is 0 Å². The van der Waals surface area contributed by atoms with Crippen molar-refractivity contribution in [2.75, 3.05) is 32.5 Å². The number of nitrogens with zero attached hydrogens (tertiary/aromatic N) is 2. The molecule has 36 heavy (non-hydrogen) atoms. The number of benzene rings is 2. The highest BCUT2D eigenvalue weighted by molar-refractivity contribution is 7.99. The van der Waals surface area contributed by atoms with E-state index in [1.165, 1.54) is 12.1 Å². The van der Waals surface area contributed by atoms with Crippen LogP contribution in [-0.2, 0) is 4.79 Å². The molecule has 192 valence electrons. The molecule has 1 saturated heterocycles. The number of piperidine rings is 1. The normalized spacial score (nSPS) is 19.3. The lowest BCUT2D eigenvalue weighted by Gasteiger charge is -2.37. The molecular weight excluding hydrogens is 479 g/mol. The quantitative estimate of drug-likeness (QED) is 0.263. The fourth-order valence-corrected chi connectivity index (χ4v) is 5.90. The zero-order chi connectivity index (χ0) is 25.5. The van der Waals surface area contributed by atoms with Crippen LogP contribution in [0.3, 0.4) is 0 Å². The van der Waals surface area contributed by atoms with Gasteiger partial charge >= 0.3 is 5.97 Å². The average Bonchev–Trinajstić information content (AvgIpc) is 2.89. The van der Waals surface area contributed by atoms with Gasteiger partial charge in [0, 0.05) is 23.0 Å². The molecule has 3 atom stereocenters. The second-order valence-corrected chi connectivity index (χ2v) is 10.5. The first kappa shape index (κ1) is 26.4. The van der Waals surface area contributed by atoms with Crippen LogP contribution < -0.4 is 4.74 Å². The molecule has 3 aromatic rings. The fourth-order valence-electron chi connectivity index (χ4n) is 5.02. The van der Waals surface area contributed by atoms with Gasteiger partial charge in [0.1, 0.15) is 11.6 Å². The Kier molecular flexibility index (Phi) is 9.18. The number of rotatable bonds is 11. The monoisotopic (exact) mass is 512 g/mol. The van der Waals surface area contributed by atoms with Gasteiger partial charge < -0.3 is 19.8 Å². The number of hydrogen-bond donors (Lipinski definition) is 2. The minimum atomic E-state index is -0.771. The number of carbonyl (C=O) groups is 1. The Labute approximate surface area is 215 Å². The molecule has 2 N–H and O–H groups in total. The summed E-state index contributed by atoms with van der Waals surface area (Å²) >= 11 is 1.62. The Morgan fingerprint density at radius 1 is 1.28 bits per heavy atom. The van der Waals surface area contributed by atoms with Crippen LogP contribution in [0.1, 0.15) is 37.4 Å². The molecule has 0 saturated carbocycles. The first-order valence-corrected chi connectivity index (χ1v) is 13.4. The largest absolute Gasteiger partial charge is 0.497 e. The summed E-state index contributed by atoms with van der Waals surface area (Å²) in [4.78, 5) is 19.6. The Morgan fingerprint density at radius 3 is 2.92 bits per heavy atom. The Morgan fingerprint density at radius 2 is 2.14 bits per heavy atom. The lowest BCUT2D eigenvalue weighted by Crippen LogP contribution is -2.44. The summed E-state index contributed by atoms with van der Waals surface area (Å²) in [6.07, 6.45) is 3.85. The van der Waals surface area contributed by atoms with Crippen LogP contribution in [-0.4, -0.2) is 58.6 Å². The molecule has 1 aliphatic heterocycles. The maximum absolute atomic E-state index is 13.3. The number of carboxylic acid groups (broad SMARTS) is 1. The number of pyridine rings is 1. The number of fused-ring (bicyclic) bond motifs is 1. The van der Waals surface area contributed by atoms with E-state index in [2.05, 4.69) is 9.88 Å². The van der Waals surface area contributed by atoms with Crippen molar-refractivity contribution in [1.82, 2.24) is 9.88 Å². The molecule has 0 amide bonds. The van der Waals surface area contributed by atoms with Gasteiger partial charge in [0.05, 0.1) is 24.6 Å². The molecule has 2 heterocycles. The number of aliphatic hydroxyl groups is 1. The Balaban J connectivity index is 1.29. The van der Waals surface area contributed by atoms with E-state index in [4.69, 9.17) is 4.74 Å². The van der Waals surface area contributed by atoms with E-state index in [1.807, 2.05) is 30.3 Å². The van der Waals surface area contributed by atoms with Crippen molar-refractivity contribution in [2.45, 2.75) is 36.7 Å². The minimum absolute atomic E-state index is 0.0257. The topological polar surface area (TPSA) is 82.9 Å². The summed E-state index contributed by atoms with van der Waals surface area (Å²) in [5.74, 6) is 0.143. The maximum atomic E-state index is 13.3. The molecule has 0 radical (unpaired) electrons. The summed E-state index contributed by atoms with van der Waals surface area (Å²) in [6, 6.07) is 14.0. The summed E-state index contributed by atoms with van der Waals surface area (Å²) < 4.78 is 18.7. The van der Waals surface area contributed by atoms with Crippen LogP contribution in [0.25, 0.3) is 10.9 Å². The predicted octanol–water partition coefficient (Wildman–Crippen LogP) is 5.40. The summed E-state index contributed by atoms with van der Waals surface area (Å²) in [6.45, 7) is 2.20. The third-order valence-corrected chi connectivity index (χ3v) is 8.07. The lowest BCUT2D eigenvalue weighted by molar-refractivity contribution is -0.146. The number of ether oxygens (including phenoxy) is 1. The lowest BCUT2D eigenvalue weighted by atomic mass is 9.81. The number of carboxylic acids is 1. The highest BCUT2D eigenvalue weighted by atomic mass is 32.2. The van der Waals surface area contributed by atoms with Gasteiger partial charge in [0.25, 0.3) is 0 Å². The molecule has 1 fully saturated rings. The van der Waals surface area contributed by atoms with E-state index in [-0.39, 0.29) is 11.7 Å². The summed E-state index contributed by atoms with van der Waals surface area (Å²) in [7, 11) is 1.61. The van der Waals surface area contributed by atoms with Crippen LogP contribution in [0.5, 0.6) is 5.75 Å².